The highest BCUT2D eigenvalue weighted by Crippen LogP contribution is 2.29. The van der Waals surface area contributed by atoms with Crippen LogP contribution < -0.4 is 10.2 Å². The summed E-state index contributed by atoms with van der Waals surface area (Å²) in [5.41, 5.74) is 1.89. The molecule has 2 amide bonds. The average molecular weight is 292 g/mol. The Morgan fingerprint density at radius 1 is 1.43 bits per heavy atom. The van der Waals surface area contributed by atoms with E-state index in [2.05, 4.69) is 5.32 Å². The molecule has 6 heteroatoms. The summed E-state index contributed by atoms with van der Waals surface area (Å²) in [6, 6.07) is 4.73. The number of urea groups is 1. The Kier molecular flexibility index (Phi) is 5.16. The highest BCUT2D eigenvalue weighted by molar-refractivity contribution is 5.96. The first kappa shape index (κ1) is 15.3. The van der Waals surface area contributed by atoms with Gasteiger partial charge in [-0.05, 0) is 37.5 Å². The monoisotopic (exact) mass is 292 g/mol. The number of aromatic carboxylic acids is 1. The number of carbonyl (C=O) groups excluding carboxylic acids is 1. The molecule has 0 atom stereocenters. The maximum absolute atomic E-state index is 12.1. The maximum Gasteiger partial charge on any atom is 0.335 e. The number of nitrogens with one attached hydrogen (secondary N) is 1. The summed E-state index contributed by atoms with van der Waals surface area (Å²) in [6.45, 7) is 4.35. The number of hydrogen-bond donors (Lipinski definition) is 2. The second-order valence-corrected chi connectivity index (χ2v) is 4.83. The van der Waals surface area contributed by atoms with Crippen molar-refractivity contribution in [2.24, 2.45) is 0 Å². The van der Waals surface area contributed by atoms with E-state index in [1.54, 1.807) is 23.1 Å². The minimum absolute atomic E-state index is 0.187. The van der Waals surface area contributed by atoms with Crippen LogP contribution in [0.25, 0.3) is 0 Å². The molecule has 1 aromatic rings. The second kappa shape index (κ2) is 7.08. The van der Waals surface area contributed by atoms with Gasteiger partial charge in [0, 0.05) is 32.0 Å². The topological polar surface area (TPSA) is 78.9 Å². The van der Waals surface area contributed by atoms with Gasteiger partial charge >= 0.3 is 12.0 Å². The molecule has 2 N–H and O–H groups in total. The predicted octanol–water partition coefficient (Wildman–Crippen LogP) is 1.88. The molecule has 1 aromatic carbocycles. The van der Waals surface area contributed by atoms with Gasteiger partial charge in [0.05, 0.1) is 5.56 Å². The molecule has 0 aromatic heterocycles. The third-order valence-electron chi connectivity index (χ3n) is 3.42. The molecule has 1 aliphatic heterocycles. The van der Waals surface area contributed by atoms with Crippen LogP contribution in [0.4, 0.5) is 10.5 Å². The first-order valence-corrected chi connectivity index (χ1v) is 7.12. The molecule has 0 saturated heterocycles. The van der Waals surface area contributed by atoms with Crippen LogP contribution in [0.3, 0.4) is 0 Å². The zero-order chi connectivity index (χ0) is 15.2. The van der Waals surface area contributed by atoms with Crippen molar-refractivity contribution in [1.82, 2.24) is 5.32 Å². The van der Waals surface area contributed by atoms with Gasteiger partial charge in [-0.25, -0.2) is 9.59 Å². The van der Waals surface area contributed by atoms with E-state index in [4.69, 9.17) is 9.84 Å². The molecule has 1 heterocycles. The number of anilines is 1. The summed E-state index contributed by atoms with van der Waals surface area (Å²) in [5, 5.41) is 11.9. The molecule has 6 nitrogen and oxygen atoms in total. The molecule has 0 radical (unpaired) electrons. The first-order valence-electron chi connectivity index (χ1n) is 7.12. The predicted molar refractivity (Wildman–Crippen MR) is 79.0 cm³/mol. The Hall–Kier alpha value is -2.08. The van der Waals surface area contributed by atoms with E-state index < -0.39 is 5.97 Å². The van der Waals surface area contributed by atoms with E-state index in [0.717, 1.165) is 18.4 Å². The molecule has 0 bridgehead atoms. The lowest BCUT2D eigenvalue weighted by Crippen LogP contribution is -2.39. The lowest BCUT2D eigenvalue weighted by Gasteiger charge is -2.18. The molecule has 2 rings (SSSR count). The zero-order valence-corrected chi connectivity index (χ0v) is 12.1. The highest BCUT2D eigenvalue weighted by Gasteiger charge is 2.25. The van der Waals surface area contributed by atoms with E-state index in [0.29, 0.717) is 32.0 Å². The molecule has 0 spiro atoms. The number of amides is 2. The number of benzene rings is 1. The zero-order valence-electron chi connectivity index (χ0n) is 12.1. The van der Waals surface area contributed by atoms with Gasteiger partial charge < -0.3 is 15.2 Å². The minimum atomic E-state index is -0.984. The van der Waals surface area contributed by atoms with Gasteiger partial charge in [0.15, 0.2) is 0 Å². The normalized spacial score (nSPS) is 13.1. The average Bonchev–Trinajstić information content (AvgIpc) is 2.89. The van der Waals surface area contributed by atoms with E-state index in [1.807, 2.05) is 6.92 Å². The Labute approximate surface area is 123 Å². The number of ether oxygens (including phenoxy) is 1. The van der Waals surface area contributed by atoms with Crippen molar-refractivity contribution in [2.45, 2.75) is 19.8 Å². The van der Waals surface area contributed by atoms with Gasteiger partial charge in [-0.1, -0.05) is 6.07 Å². The molecule has 21 heavy (non-hydrogen) atoms. The van der Waals surface area contributed by atoms with Crippen LogP contribution in [0.2, 0.25) is 0 Å². The van der Waals surface area contributed by atoms with Crippen molar-refractivity contribution in [2.75, 3.05) is 31.2 Å². The highest BCUT2D eigenvalue weighted by atomic mass is 16.5. The number of carbonyl (C=O) groups is 2. The lowest BCUT2D eigenvalue weighted by molar-refractivity contribution is 0.0697. The quantitative estimate of drug-likeness (QED) is 0.785. The van der Waals surface area contributed by atoms with Crippen molar-refractivity contribution >= 4 is 17.7 Å². The summed E-state index contributed by atoms with van der Waals surface area (Å²) in [7, 11) is 0. The van der Waals surface area contributed by atoms with Crippen LogP contribution in [0.15, 0.2) is 18.2 Å². The Morgan fingerprint density at radius 2 is 2.24 bits per heavy atom. The fourth-order valence-electron chi connectivity index (χ4n) is 2.33. The fourth-order valence-corrected chi connectivity index (χ4v) is 2.33. The van der Waals surface area contributed by atoms with Gasteiger partial charge in [-0.2, -0.15) is 0 Å². The van der Waals surface area contributed by atoms with Crippen LogP contribution in [0.5, 0.6) is 0 Å². The van der Waals surface area contributed by atoms with Gasteiger partial charge in [-0.15, -0.1) is 0 Å². The lowest BCUT2D eigenvalue weighted by atomic mass is 10.1. The molecule has 0 aliphatic carbocycles. The fraction of sp³-hybridized carbons (Fsp3) is 0.467. The van der Waals surface area contributed by atoms with Crippen LogP contribution in [-0.4, -0.2) is 43.4 Å². The molecule has 114 valence electrons. The summed E-state index contributed by atoms with van der Waals surface area (Å²) in [4.78, 5) is 24.8. The molecule has 0 saturated carbocycles. The van der Waals surface area contributed by atoms with Gasteiger partial charge in [0.1, 0.15) is 0 Å². The number of carboxylic acids is 1. The third-order valence-corrected chi connectivity index (χ3v) is 3.42. The smallest absolute Gasteiger partial charge is 0.335 e. The van der Waals surface area contributed by atoms with Crippen LogP contribution >= 0.6 is 0 Å². The summed E-state index contributed by atoms with van der Waals surface area (Å²) in [5.74, 6) is -0.984. The van der Waals surface area contributed by atoms with Crippen molar-refractivity contribution in [3.8, 4) is 0 Å². The van der Waals surface area contributed by atoms with E-state index >= 15 is 0 Å². The van der Waals surface area contributed by atoms with Gasteiger partial charge in [0.2, 0.25) is 0 Å². The Bertz CT molecular complexity index is 530. The number of fused-ring (bicyclic) bond motifs is 1. The van der Waals surface area contributed by atoms with Crippen molar-refractivity contribution in [1.29, 1.82) is 0 Å². The summed E-state index contributed by atoms with van der Waals surface area (Å²) < 4.78 is 5.21. The maximum atomic E-state index is 12.1. The summed E-state index contributed by atoms with van der Waals surface area (Å²) >= 11 is 0. The number of nitrogens with zero attached hydrogens (tertiary/aromatic N) is 1. The number of carboxylic acid groups (broad SMARTS) is 1. The standard InChI is InChI=1S/C15H20N2O4/c1-2-21-9-3-7-16-15(20)17-8-6-11-4-5-12(14(18)19)10-13(11)17/h4-5,10H,2-3,6-9H2,1H3,(H,16,20)(H,18,19). The van der Waals surface area contributed by atoms with Crippen molar-refractivity contribution in [3.63, 3.8) is 0 Å². The Morgan fingerprint density at radius 3 is 2.95 bits per heavy atom. The summed E-state index contributed by atoms with van der Waals surface area (Å²) in [6.07, 6.45) is 1.51. The van der Waals surface area contributed by atoms with E-state index in [1.165, 1.54) is 0 Å². The van der Waals surface area contributed by atoms with Gasteiger partial charge in [0.25, 0.3) is 0 Å². The SMILES string of the molecule is CCOCCCNC(=O)N1CCc2ccc(C(=O)O)cc21. The third kappa shape index (κ3) is 3.72. The number of rotatable bonds is 6. The molecule has 0 unspecified atom stereocenters. The van der Waals surface area contributed by atoms with Crippen molar-refractivity contribution in [3.05, 3.63) is 29.3 Å². The minimum Gasteiger partial charge on any atom is -0.478 e. The second-order valence-electron chi connectivity index (χ2n) is 4.83. The molecular weight excluding hydrogens is 272 g/mol. The van der Waals surface area contributed by atoms with Crippen LogP contribution in [0, 0.1) is 0 Å². The largest absolute Gasteiger partial charge is 0.478 e. The molecular formula is C15H20N2O4. The number of hydrogen-bond acceptors (Lipinski definition) is 3. The molecule has 0 fully saturated rings. The molecule has 1 aliphatic rings. The van der Waals surface area contributed by atoms with E-state index in [9.17, 15) is 9.59 Å². The van der Waals surface area contributed by atoms with Gasteiger partial charge in [-0.3, -0.25) is 4.90 Å². The van der Waals surface area contributed by atoms with Crippen LogP contribution in [-0.2, 0) is 11.2 Å². The van der Waals surface area contributed by atoms with E-state index in [-0.39, 0.29) is 11.6 Å². The Balaban J connectivity index is 1.96. The van der Waals surface area contributed by atoms with Crippen molar-refractivity contribution < 1.29 is 19.4 Å². The van der Waals surface area contributed by atoms with Crippen LogP contribution in [0.1, 0.15) is 29.3 Å². The first-order chi connectivity index (χ1) is 10.1.